The van der Waals surface area contributed by atoms with Crippen molar-refractivity contribution in [1.82, 2.24) is 20.4 Å². The molecule has 2 aromatic carbocycles. The Morgan fingerprint density at radius 2 is 2.07 bits per heavy atom. The van der Waals surface area contributed by atoms with Crippen LogP contribution in [-0.2, 0) is 13.0 Å². The third-order valence-corrected chi connectivity index (χ3v) is 5.00. The molecule has 4 aromatic rings. The lowest BCUT2D eigenvalue weighted by molar-refractivity contribution is 0.100. The summed E-state index contributed by atoms with van der Waals surface area (Å²) in [6, 6.07) is 9.50. The first-order chi connectivity index (χ1) is 14.5. The number of anilines is 3. The van der Waals surface area contributed by atoms with E-state index in [4.69, 9.17) is 5.73 Å². The summed E-state index contributed by atoms with van der Waals surface area (Å²) in [7, 11) is 0. The van der Waals surface area contributed by atoms with Crippen LogP contribution in [0.25, 0.3) is 10.9 Å². The number of fused-ring (bicyclic) bond motifs is 1. The molecule has 0 aliphatic heterocycles. The summed E-state index contributed by atoms with van der Waals surface area (Å²) in [4.78, 5) is 12.1. The zero-order chi connectivity index (χ0) is 21.3. The monoisotopic (exact) mass is 405 g/mol. The van der Waals surface area contributed by atoms with Crippen molar-refractivity contribution in [2.75, 3.05) is 10.6 Å². The first kappa shape index (κ1) is 19.3. The molecular weight excluding hydrogens is 382 g/mol. The van der Waals surface area contributed by atoms with Gasteiger partial charge in [0.25, 0.3) is 5.91 Å². The SMILES string of the molecule is CCc1cc(CNc2n[nH]c(Nc3ccc4[nH]ncc4c3)c2C(N)=O)cc(C)c1O. The smallest absolute Gasteiger partial charge is 0.256 e. The van der Waals surface area contributed by atoms with Crippen LogP contribution < -0.4 is 16.4 Å². The van der Waals surface area contributed by atoms with Gasteiger partial charge < -0.3 is 21.5 Å². The van der Waals surface area contributed by atoms with Gasteiger partial charge in [0.15, 0.2) is 5.82 Å². The van der Waals surface area contributed by atoms with E-state index in [2.05, 4.69) is 31.0 Å². The van der Waals surface area contributed by atoms with Gasteiger partial charge in [0.2, 0.25) is 0 Å². The summed E-state index contributed by atoms with van der Waals surface area (Å²) in [6.45, 7) is 4.28. The lowest BCUT2D eigenvalue weighted by Crippen LogP contribution is -2.15. The molecular formula is C21H23N7O2. The number of carbonyl (C=O) groups excluding carboxylic acids is 1. The normalized spacial score (nSPS) is 11.0. The van der Waals surface area contributed by atoms with Crippen molar-refractivity contribution in [2.45, 2.75) is 26.8 Å². The average molecular weight is 405 g/mol. The summed E-state index contributed by atoms with van der Waals surface area (Å²) in [6.07, 6.45) is 2.45. The number of aromatic hydroxyl groups is 1. The van der Waals surface area contributed by atoms with Gasteiger partial charge in [-0.15, -0.1) is 0 Å². The molecule has 0 saturated heterocycles. The molecule has 2 aromatic heterocycles. The standard InChI is InChI=1S/C21H23N7O2/c1-3-13-7-12(6-11(2)18(13)29)9-23-20-17(19(22)30)21(28-27-20)25-15-4-5-16-14(8-15)10-24-26-16/h4-8,10,29H,3,9H2,1-2H3,(H2,22,30)(H,24,26)(H3,23,25,27,28). The third-order valence-electron chi connectivity index (χ3n) is 5.00. The van der Waals surface area contributed by atoms with Crippen molar-refractivity contribution in [3.8, 4) is 5.75 Å². The molecule has 9 heteroatoms. The topological polar surface area (TPSA) is 145 Å². The van der Waals surface area contributed by atoms with E-state index in [1.807, 2.05) is 44.2 Å². The van der Waals surface area contributed by atoms with Gasteiger partial charge in [-0.05, 0) is 48.2 Å². The number of phenolic OH excluding ortho intramolecular Hbond substituents is 1. The van der Waals surface area contributed by atoms with Crippen LogP contribution in [0.15, 0.2) is 36.5 Å². The van der Waals surface area contributed by atoms with E-state index in [0.29, 0.717) is 23.9 Å². The molecule has 1 amide bonds. The second kappa shape index (κ2) is 7.78. The molecule has 0 atom stereocenters. The Morgan fingerprint density at radius 3 is 2.83 bits per heavy atom. The largest absolute Gasteiger partial charge is 0.507 e. The second-order valence-corrected chi connectivity index (χ2v) is 7.11. The summed E-state index contributed by atoms with van der Waals surface area (Å²) in [5, 5.41) is 31.3. The fraction of sp³-hybridized carbons (Fsp3) is 0.190. The fourth-order valence-electron chi connectivity index (χ4n) is 3.46. The number of hydrogen-bond acceptors (Lipinski definition) is 6. The minimum Gasteiger partial charge on any atom is -0.507 e. The van der Waals surface area contributed by atoms with E-state index < -0.39 is 5.91 Å². The lowest BCUT2D eigenvalue weighted by atomic mass is 10.0. The maximum absolute atomic E-state index is 12.1. The van der Waals surface area contributed by atoms with E-state index in [1.165, 1.54) is 0 Å². The van der Waals surface area contributed by atoms with Gasteiger partial charge in [0.05, 0.1) is 11.7 Å². The zero-order valence-corrected chi connectivity index (χ0v) is 16.7. The molecule has 0 fully saturated rings. The van der Waals surface area contributed by atoms with Gasteiger partial charge in [-0.2, -0.15) is 10.2 Å². The highest BCUT2D eigenvalue weighted by Gasteiger charge is 2.19. The number of aromatic amines is 2. The van der Waals surface area contributed by atoms with Crippen LogP contribution in [0.4, 0.5) is 17.3 Å². The van der Waals surface area contributed by atoms with Gasteiger partial charge in [-0.25, -0.2) is 0 Å². The summed E-state index contributed by atoms with van der Waals surface area (Å²) < 4.78 is 0. The maximum atomic E-state index is 12.1. The summed E-state index contributed by atoms with van der Waals surface area (Å²) in [5.41, 5.74) is 10.2. The lowest BCUT2D eigenvalue weighted by Gasteiger charge is -2.11. The first-order valence-corrected chi connectivity index (χ1v) is 9.59. The Labute approximate surface area is 172 Å². The van der Waals surface area contributed by atoms with Crippen molar-refractivity contribution in [3.05, 3.63) is 58.8 Å². The Bertz CT molecular complexity index is 1230. The quantitative estimate of drug-likeness (QED) is 0.278. The van der Waals surface area contributed by atoms with E-state index in [-0.39, 0.29) is 5.56 Å². The number of nitrogens with two attached hydrogens (primary N) is 1. The van der Waals surface area contributed by atoms with Crippen LogP contribution in [0.2, 0.25) is 0 Å². The highest BCUT2D eigenvalue weighted by atomic mass is 16.3. The number of carbonyl (C=O) groups is 1. The number of H-pyrrole nitrogens is 2. The van der Waals surface area contributed by atoms with Crippen LogP contribution in [0.1, 0.15) is 34.0 Å². The number of aromatic nitrogens is 4. The highest BCUT2D eigenvalue weighted by Crippen LogP contribution is 2.28. The van der Waals surface area contributed by atoms with Crippen molar-refractivity contribution in [3.63, 3.8) is 0 Å². The van der Waals surface area contributed by atoms with Gasteiger partial charge >= 0.3 is 0 Å². The van der Waals surface area contributed by atoms with Crippen LogP contribution >= 0.6 is 0 Å². The molecule has 0 aliphatic rings. The number of primary amides is 1. The molecule has 0 saturated carbocycles. The Hall–Kier alpha value is -4.01. The highest BCUT2D eigenvalue weighted by molar-refractivity contribution is 6.03. The Morgan fingerprint density at radius 1 is 1.23 bits per heavy atom. The van der Waals surface area contributed by atoms with Gasteiger partial charge in [-0.1, -0.05) is 19.1 Å². The van der Waals surface area contributed by atoms with Gasteiger partial charge in [0.1, 0.15) is 17.1 Å². The minimum atomic E-state index is -0.603. The Balaban J connectivity index is 1.57. The molecule has 0 aliphatic carbocycles. The van der Waals surface area contributed by atoms with Crippen molar-refractivity contribution >= 4 is 34.1 Å². The number of rotatable bonds is 7. The number of nitrogens with one attached hydrogen (secondary N) is 4. The average Bonchev–Trinajstić information content (AvgIpc) is 3.35. The number of hydrogen-bond donors (Lipinski definition) is 6. The predicted molar refractivity (Wildman–Crippen MR) is 116 cm³/mol. The number of amides is 1. The molecule has 7 N–H and O–H groups in total. The van der Waals surface area contributed by atoms with Crippen molar-refractivity contribution in [1.29, 1.82) is 0 Å². The predicted octanol–water partition coefficient (Wildman–Crippen LogP) is 3.32. The molecule has 154 valence electrons. The number of phenols is 1. The van der Waals surface area contributed by atoms with Crippen molar-refractivity contribution < 1.29 is 9.90 Å². The molecule has 0 unspecified atom stereocenters. The molecule has 9 nitrogen and oxygen atoms in total. The Kier molecular flexibility index (Phi) is 5.01. The van der Waals surface area contributed by atoms with Crippen molar-refractivity contribution in [2.24, 2.45) is 5.73 Å². The molecule has 2 heterocycles. The van der Waals surface area contributed by atoms with Crippen LogP contribution in [0.5, 0.6) is 5.75 Å². The fourth-order valence-corrected chi connectivity index (χ4v) is 3.46. The summed E-state index contributed by atoms with van der Waals surface area (Å²) in [5.74, 6) is 0.483. The van der Waals surface area contributed by atoms with E-state index >= 15 is 0 Å². The first-order valence-electron chi connectivity index (χ1n) is 9.59. The number of nitrogens with zero attached hydrogens (tertiary/aromatic N) is 2. The minimum absolute atomic E-state index is 0.244. The molecule has 30 heavy (non-hydrogen) atoms. The molecule has 0 spiro atoms. The molecule has 4 rings (SSSR count). The van der Waals surface area contributed by atoms with Gasteiger partial charge in [-0.3, -0.25) is 15.0 Å². The number of benzene rings is 2. The molecule has 0 radical (unpaired) electrons. The number of aryl methyl sites for hydroxylation is 2. The van der Waals surface area contributed by atoms with E-state index in [0.717, 1.165) is 39.7 Å². The molecule has 0 bridgehead atoms. The van der Waals surface area contributed by atoms with E-state index in [9.17, 15) is 9.90 Å². The maximum Gasteiger partial charge on any atom is 0.256 e. The van der Waals surface area contributed by atoms with Crippen LogP contribution in [0.3, 0.4) is 0 Å². The second-order valence-electron chi connectivity index (χ2n) is 7.11. The summed E-state index contributed by atoms with van der Waals surface area (Å²) >= 11 is 0. The van der Waals surface area contributed by atoms with Gasteiger partial charge in [0, 0.05) is 17.6 Å². The third kappa shape index (κ3) is 3.64. The zero-order valence-electron chi connectivity index (χ0n) is 16.7. The van der Waals surface area contributed by atoms with Crippen LogP contribution in [0, 0.1) is 6.92 Å². The van der Waals surface area contributed by atoms with Crippen LogP contribution in [-0.4, -0.2) is 31.4 Å². The van der Waals surface area contributed by atoms with E-state index in [1.54, 1.807) is 6.20 Å².